The van der Waals surface area contributed by atoms with Crippen molar-refractivity contribution in [3.05, 3.63) is 51.7 Å². The van der Waals surface area contributed by atoms with Crippen molar-refractivity contribution in [1.29, 1.82) is 0 Å². The monoisotopic (exact) mass is 373 g/mol. The highest BCUT2D eigenvalue weighted by molar-refractivity contribution is 5.77. The maximum atomic E-state index is 13.3. The zero-order chi connectivity index (χ0) is 19.4. The summed E-state index contributed by atoms with van der Waals surface area (Å²) in [6.07, 6.45) is 4.27. The van der Waals surface area contributed by atoms with Gasteiger partial charge in [0.15, 0.2) is 0 Å². The van der Waals surface area contributed by atoms with Gasteiger partial charge in [-0.05, 0) is 44.0 Å². The molecule has 7 heteroatoms. The Bertz CT molecular complexity index is 871. The highest BCUT2D eigenvalue weighted by atomic mass is 19.1. The Labute approximate surface area is 157 Å². The second kappa shape index (κ2) is 8.43. The highest BCUT2D eigenvalue weighted by Crippen LogP contribution is 2.19. The van der Waals surface area contributed by atoms with E-state index in [9.17, 15) is 19.1 Å². The highest BCUT2D eigenvalue weighted by Gasteiger charge is 2.21. The Kier molecular flexibility index (Phi) is 6.01. The number of aryl methyl sites for hydroxylation is 1. The summed E-state index contributed by atoms with van der Waals surface area (Å²) in [6.45, 7) is 1.36. The predicted molar refractivity (Wildman–Crippen MR) is 99.8 cm³/mol. The molecule has 1 heterocycles. The first-order chi connectivity index (χ1) is 13.0. The first-order valence-corrected chi connectivity index (χ1v) is 9.26. The van der Waals surface area contributed by atoms with Gasteiger partial charge in [0, 0.05) is 35.9 Å². The molecule has 1 aromatic heterocycles. The number of hydrogen-bond donors (Lipinski definition) is 2. The number of aliphatic hydroxyl groups is 1. The second-order valence-corrected chi connectivity index (χ2v) is 6.92. The number of carbonyl (C=O) groups is 1. The summed E-state index contributed by atoms with van der Waals surface area (Å²) in [4.78, 5) is 30.0. The molecule has 3 rings (SSSR count). The Hall–Kier alpha value is -2.54. The quantitative estimate of drug-likeness (QED) is 0.811. The molecule has 1 aliphatic rings. The number of nitrogens with zero attached hydrogens (tertiary/aromatic N) is 2. The van der Waals surface area contributed by atoms with Crippen LogP contribution in [0.25, 0.3) is 11.4 Å². The number of nitrogens with one attached hydrogen (secondary N) is 1. The van der Waals surface area contributed by atoms with E-state index in [2.05, 4.69) is 10.3 Å². The third kappa shape index (κ3) is 4.42. The average molecular weight is 373 g/mol. The van der Waals surface area contributed by atoms with E-state index in [1.807, 2.05) is 0 Å². The Morgan fingerprint density at radius 1 is 1.30 bits per heavy atom. The SMILES string of the molecule is Cc1nc(-c2ccc(F)cc2)n(CC(=O)NC2CCCC2)c(=O)c1CCO. The van der Waals surface area contributed by atoms with Crippen molar-refractivity contribution < 1.29 is 14.3 Å². The van der Waals surface area contributed by atoms with E-state index in [1.165, 1.54) is 28.8 Å². The molecule has 0 radical (unpaired) electrons. The van der Waals surface area contributed by atoms with Crippen LogP contribution in [0.2, 0.25) is 0 Å². The van der Waals surface area contributed by atoms with Crippen LogP contribution in [-0.2, 0) is 17.8 Å². The van der Waals surface area contributed by atoms with Gasteiger partial charge in [0.25, 0.3) is 5.56 Å². The van der Waals surface area contributed by atoms with Crippen molar-refractivity contribution in [2.24, 2.45) is 0 Å². The summed E-state index contributed by atoms with van der Waals surface area (Å²) in [6, 6.07) is 5.81. The number of carbonyl (C=O) groups excluding carboxylic acids is 1. The zero-order valence-electron chi connectivity index (χ0n) is 15.4. The number of aliphatic hydroxyl groups excluding tert-OH is 1. The molecule has 1 amide bonds. The average Bonchev–Trinajstić information content (AvgIpc) is 3.14. The minimum absolute atomic E-state index is 0.151. The van der Waals surface area contributed by atoms with Gasteiger partial charge in [0.1, 0.15) is 18.2 Å². The molecule has 2 aromatic rings. The zero-order valence-corrected chi connectivity index (χ0v) is 15.4. The lowest BCUT2D eigenvalue weighted by molar-refractivity contribution is -0.122. The van der Waals surface area contributed by atoms with Crippen LogP contribution in [0.5, 0.6) is 0 Å². The largest absolute Gasteiger partial charge is 0.396 e. The minimum atomic E-state index is -0.389. The van der Waals surface area contributed by atoms with Gasteiger partial charge in [0.05, 0.1) is 0 Å². The van der Waals surface area contributed by atoms with Crippen LogP contribution >= 0.6 is 0 Å². The van der Waals surface area contributed by atoms with Crippen molar-refractivity contribution in [3.8, 4) is 11.4 Å². The topological polar surface area (TPSA) is 84.2 Å². The first-order valence-electron chi connectivity index (χ1n) is 9.26. The van der Waals surface area contributed by atoms with E-state index in [0.29, 0.717) is 22.6 Å². The molecule has 0 unspecified atom stereocenters. The van der Waals surface area contributed by atoms with E-state index in [4.69, 9.17) is 0 Å². The lowest BCUT2D eigenvalue weighted by Crippen LogP contribution is -2.39. The van der Waals surface area contributed by atoms with Crippen LogP contribution in [-0.4, -0.2) is 33.2 Å². The van der Waals surface area contributed by atoms with Crippen molar-refractivity contribution >= 4 is 5.91 Å². The van der Waals surface area contributed by atoms with Gasteiger partial charge in [-0.15, -0.1) is 0 Å². The van der Waals surface area contributed by atoms with E-state index in [-0.39, 0.29) is 42.9 Å². The summed E-state index contributed by atoms with van der Waals surface area (Å²) in [5.41, 5.74) is 1.09. The predicted octanol–water partition coefficient (Wildman–Crippen LogP) is 1.95. The smallest absolute Gasteiger partial charge is 0.257 e. The van der Waals surface area contributed by atoms with Crippen molar-refractivity contribution in [2.45, 2.75) is 51.6 Å². The minimum Gasteiger partial charge on any atom is -0.396 e. The first kappa shape index (κ1) is 19.2. The van der Waals surface area contributed by atoms with E-state index < -0.39 is 0 Å². The molecule has 6 nitrogen and oxygen atoms in total. The maximum Gasteiger partial charge on any atom is 0.257 e. The van der Waals surface area contributed by atoms with Gasteiger partial charge >= 0.3 is 0 Å². The van der Waals surface area contributed by atoms with Crippen molar-refractivity contribution in [1.82, 2.24) is 14.9 Å². The normalized spacial score (nSPS) is 14.5. The van der Waals surface area contributed by atoms with Crippen LogP contribution < -0.4 is 10.9 Å². The number of hydrogen-bond acceptors (Lipinski definition) is 4. The molecule has 0 bridgehead atoms. The lowest BCUT2D eigenvalue weighted by Gasteiger charge is -2.17. The summed E-state index contributed by atoms with van der Waals surface area (Å²) in [5.74, 6) is -0.311. The molecule has 0 aliphatic heterocycles. The fourth-order valence-electron chi connectivity index (χ4n) is 3.55. The molecular weight excluding hydrogens is 349 g/mol. The number of halogens is 1. The van der Waals surface area contributed by atoms with Crippen molar-refractivity contribution in [3.63, 3.8) is 0 Å². The number of amides is 1. The van der Waals surface area contributed by atoms with Gasteiger partial charge in [-0.1, -0.05) is 12.8 Å². The molecule has 1 aliphatic carbocycles. The number of benzene rings is 1. The Morgan fingerprint density at radius 3 is 2.59 bits per heavy atom. The van der Waals surface area contributed by atoms with Gasteiger partial charge in [-0.25, -0.2) is 9.37 Å². The van der Waals surface area contributed by atoms with Crippen LogP contribution in [0, 0.1) is 12.7 Å². The number of rotatable bonds is 6. The fourth-order valence-corrected chi connectivity index (χ4v) is 3.55. The molecule has 144 valence electrons. The molecule has 0 spiro atoms. The summed E-state index contributed by atoms with van der Waals surface area (Å²) in [5, 5.41) is 12.2. The fraction of sp³-hybridized carbons (Fsp3) is 0.450. The molecule has 1 aromatic carbocycles. The molecular formula is C20H24FN3O3. The third-order valence-corrected chi connectivity index (χ3v) is 4.96. The lowest BCUT2D eigenvalue weighted by atomic mass is 10.1. The Morgan fingerprint density at radius 2 is 1.96 bits per heavy atom. The maximum absolute atomic E-state index is 13.3. The summed E-state index contributed by atoms with van der Waals surface area (Å²) >= 11 is 0. The van der Waals surface area contributed by atoms with Gasteiger partial charge in [-0.3, -0.25) is 14.2 Å². The van der Waals surface area contributed by atoms with Crippen LogP contribution in [0.1, 0.15) is 36.9 Å². The van der Waals surface area contributed by atoms with Crippen LogP contribution in [0.15, 0.2) is 29.1 Å². The molecule has 0 saturated heterocycles. The standard InChI is InChI=1S/C20H24FN3O3/c1-13-17(10-11-25)20(27)24(12-18(26)23-16-4-2-3-5-16)19(22-13)14-6-8-15(21)9-7-14/h6-9,16,25H,2-5,10-12H2,1H3,(H,23,26). The summed E-state index contributed by atoms with van der Waals surface area (Å²) in [7, 11) is 0. The molecule has 0 atom stereocenters. The number of aromatic nitrogens is 2. The van der Waals surface area contributed by atoms with Gasteiger partial charge in [-0.2, -0.15) is 0 Å². The second-order valence-electron chi connectivity index (χ2n) is 6.92. The van der Waals surface area contributed by atoms with E-state index in [0.717, 1.165) is 25.7 Å². The van der Waals surface area contributed by atoms with Gasteiger partial charge < -0.3 is 10.4 Å². The summed E-state index contributed by atoms with van der Waals surface area (Å²) < 4.78 is 14.6. The third-order valence-electron chi connectivity index (χ3n) is 4.96. The van der Waals surface area contributed by atoms with Crippen LogP contribution in [0.3, 0.4) is 0 Å². The molecule has 1 saturated carbocycles. The van der Waals surface area contributed by atoms with Crippen molar-refractivity contribution in [2.75, 3.05) is 6.61 Å². The van der Waals surface area contributed by atoms with Crippen LogP contribution in [0.4, 0.5) is 4.39 Å². The van der Waals surface area contributed by atoms with E-state index in [1.54, 1.807) is 6.92 Å². The molecule has 2 N–H and O–H groups in total. The van der Waals surface area contributed by atoms with Gasteiger partial charge in [0.2, 0.25) is 5.91 Å². The Balaban J connectivity index is 1.99. The molecule has 27 heavy (non-hydrogen) atoms. The molecule has 1 fully saturated rings. The van der Waals surface area contributed by atoms with E-state index >= 15 is 0 Å².